The summed E-state index contributed by atoms with van der Waals surface area (Å²) in [6.07, 6.45) is 0.323. The highest BCUT2D eigenvalue weighted by molar-refractivity contribution is 7.89. The van der Waals surface area contributed by atoms with Crippen LogP contribution in [0.4, 0.5) is 5.69 Å². The number of nitrogens with zero attached hydrogens (tertiary/aromatic N) is 3. The van der Waals surface area contributed by atoms with Gasteiger partial charge in [-0.15, -0.1) is 0 Å². The first-order chi connectivity index (χ1) is 17.1. The number of likely N-dealkylation sites (tertiary alicyclic amines) is 1. The van der Waals surface area contributed by atoms with Gasteiger partial charge in [0.2, 0.25) is 21.8 Å². The maximum absolute atomic E-state index is 13.4. The van der Waals surface area contributed by atoms with Gasteiger partial charge < -0.3 is 15.0 Å². The van der Waals surface area contributed by atoms with Crippen LogP contribution in [-0.2, 0) is 26.2 Å². The van der Waals surface area contributed by atoms with Gasteiger partial charge in [-0.2, -0.15) is 9.57 Å². The fourth-order valence-electron chi connectivity index (χ4n) is 4.35. The van der Waals surface area contributed by atoms with Crippen molar-refractivity contribution in [2.45, 2.75) is 30.8 Å². The van der Waals surface area contributed by atoms with Crippen LogP contribution in [0.5, 0.6) is 5.75 Å². The Morgan fingerprint density at radius 2 is 1.92 bits per heavy atom. The predicted octanol–water partition coefficient (Wildman–Crippen LogP) is 3.10. The zero-order valence-electron chi connectivity index (χ0n) is 20.2. The van der Waals surface area contributed by atoms with E-state index in [1.807, 2.05) is 6.07 Å². The molecule has 0 radical (unpaired) electrons. The SMILES string of the molecule is COc1ccc2ccc(S(=O)(=O)N(C)C3CCN(Cc4cc(C#N)ccc4NC(C)=O)C3=O)cc2c1. The molecule has 186 valence electrons. The Kier molecular flexibility index (Phi) is 6.97. The van der Waals surface area contributed by atoms with Gasteiger partial charge in [0.25, 0.3) is 0 Å². The fraction of sp³-hybridized carbons (Fsp3) is 0.269. The summed E-state index contributed by atoms with van der Waals surface area (Å²) in [6.45, 7) is 1.86. The van der Waals surface area contributed by atoms with Crippen molar-refractivity contribution >= 4 is 38.3 Å². The van der Waals surface area contributed by atoms with Crippen LogP contribution in [0.1, 0.15) is 24.5 Å². The van der Waals surface area contributed by atoms with E-state index in [0.29, 0.717) is 40.9 Å². The molecule has 36 heavy (non-hydrogen) atoms. The summed E-state index contributed by atoms with van der Waals surface area (Å²) in [5.74, 6) is 0.0104. The van der Waals surface area contributed by atoms with Gasteiger partial charge in [-0.25, -0.2) is 8.42 Å². The molecule has 0 saturated carbocycles. The number of nitrogens with one attached hydrogen (secondary N) is 1. The molecular weight excluding hydrogens is 480 g/mol. The average molecular weight is 507 g/mol. The Hall–Kier alpha value is -3.94. The van der Waals surface area contributed by atoms with E-state index in [2.05, 4.69) is 11.4 Å². The number of nitriles is 1. The first kappa shape index (κ1) is 25.2. The molecule has 4 rings (SSSR count). The molecule has 1 aliphatic rings. The molecular formula is C26H26N4O5S. The Bertz CT molecular complexity index is 1500. The zero-order valence-corrected chi connectivity index (χ0v) is 21.0. The maximum atomic E-state index is 13.4. The molecule has 1 aliphatic heterocycles. The second kappa shape index (κ2) is 9.97. The summed E-state index contributed by atoms with van der Waals surface area (Å²) >= 11 is 0. The van der Waals surface area contributed by atoms with Crippen molar-refractivity contribution in [2.75, 3.05) is 26.0 Å². The second-order valence-corrected chi connectivity index (χ2v) is 10.6. The Morgan fingerprint density at radius 1 is 1.17 bits per heavy atom. The maximum Gasteiger partial charge on any atom is 0.243 e. The van der Waals surface area contributed by atoms with E-state index in [1.165, 1.54) is 20.0 Å². The minimum absolute atomic E-state index is 0.0895. The zero-order chi connectivity index (χ0) is 26.0. The Labute approximate surface area is 209 Å². The molecule has 1 unspecified atom stereocenters. The molecule has 1 N–H and O–H groups in total. The summed E-state index contributed by atoms with van der Waals surface area (Å²) in [5, 5.41) is 13.6. The predicted molar refractivity (Wildman–Crippen MR) is 135 cm³/mol. The van der Waals surface area contributed by atoms with Crippen molar-refractivity contribution in [2.24, 2.45) is 0 Å². The average Bonchev–Trinajstić information content (AvgIpc) is 3.22. The molecule has 1 atom stereocenters. The third-order valence-corrected chi connectivity index (χ3v) is 8.17. The van der Waals surface area contributed by atoms with Gasteiger partial charge in [-0.3, -0.25) is 9.59 Å². The lowest BCUT2D eigenvalue weighted by Gasteiger charge is -2.24. The van der Waals surface area contributed by atoms with E-state index >= 15 is 0 Å². The van der Waals surface area contributed by atoms with Crippen molar-refractivity contribution < 1.29 is 22.7 Å². The smallest absolute Gasteiger partial charge is 0.243 e. The van der Waals surface area contributed by atoms with Crippen LogP contribution in [0.2, 0.25) is 0 Å². The van der Waals surface area contributed by atoms with Crippen LogP contribution < -0.4 is 10.1 Å². The highest BCUT2D eigenvalue weighted by Gasteiger charge is 2.40. The van der Waals surface area contributed by atoms with Gasteiger partial charge in [0.1, 0.15) is 11.8 Å². The lowest BCUT2D eigenvalue weighted by molar-refractivity contribution is -0.131. The molecule has 0 aliphatic carbocycles. The number of methoxy groups -OCH3 is 1. The molecule has 0 spiro atoms. The molecule has 1 fully saturated rings. The van der Waals surface area contributed by atoms with E-state index in [-0.39, 0.29) is 23.3 Å². The van der Waals surface area contributed by atoms with Gasteiger partial charge in [-0.1, -0.05) is 12.1 Å². The van der Waals surface area contributed by atoms with Gasteiger partial charge >= 0.3 is 0 Å². The van der Waals surface area contributed by atoms with Crippen LogP contribution in [0.15, 0.2) is 59.5 Å². The summed E-state index contributed by atoms with van der Waals surface area (Å²) in [6, 6.07) is 16.3. The number of rotatable bonds is 7. The van der Waals surface area contributed by atoms with Crippen molar-refractivity contribution in [3.05, 3.63) is 65.7 Å². The summed E-state index contributed by atoms with van der Waals surface area (Å²) in [7, 11) is -0.995. The van der Waals surface area contributed by atoms with E-state index in [0.717, 1.165) is 9.69 Å². The van der Waals surface area contributed by atoms with Gasteiger partial charge in [0, 0.05) is 32.7 Å². The Morgan fingerprint density at radius 3 is 2.61 bits per heavy atom. The van der Waals surface area contributed by atoms with E-state index in [9.17, 15) is 23.3 Å². The molecule has 10 heteroatoms. The third-order valence-electron chi connectivity index (χ3n) is 6.31. The number of likely N-dealkylation sites (N-methyl/N-ethyl adjacent to an activating group) is 1. The number of hydrogen-bond acceptors (Lipinski definition) is 6. The van der Waals surface area contributed by atoms with Crippen molar-refractivity contribution in [3.63, 3.8) is 0 Å². The first-order valence-corrected chi connectivity index (χ1v) is 12.7. The molecule has 1 saturated heterocycles. The minimum atomic E-state index is -3.95. The number of ether oxygens (including phenoxy) is 1. The molecule has 2 amide bonds. The van der Waals surface area contributed by atoms with E-state index in [4.69, 9.17) is 4.74 Å². The van der Waals surface area contributed by atoms with Gasteiger partial charge in [0.15, 0.2) is 0 Å². The molecule has 3 aromatic carbocycles. The van der Waals surface area contributed by atoms with Crippen LogP contribution in [0.3, 0.4) is 0 Å². The van der Waals surface area contributed by atoms with Gasteiger partial charge in [-0.05, 0) is 65.2 Å². The van der Waals surface area contributed by atoms with Crippen molar-refractivity contribution in [1.29, 1.82) is 5.26 Å². The number of anilines is 1. The van der Waals surface area contributed by atoms with Crippen LogP contribution >= 0.6 is 0 Å². The summed E-state index contributed by atoms with van der Waals surface area (Å²) in [4.78, 5) is 26.5. The number of amides is 2. The number of hydrogen-bond donors (Lipinski definition) is 1. The van der Waals surface area contributed by atoms with Crippen molar-refractivity contribution in [3.8, 4) is 11.8 Å². The molecule has 3 aromatic rings. The van der Waals surface area contributed by atoms with Crippen LogP contribution in [0.25, 0.3) is 10.8 Å². The lowest BCUT2D eigenvalue weighted by atomic mass is 10.1. The number of carbonyl (C=O) groups is 2. The topological polar surface area (TPSA) is 120 Å². The van der Waals surface area contributed by atoms with Crippen molar-refractivity contribution in [1.82, 2.24) is 9.21 Å². The van der Waals surface area contributed by atoms with Crippen LogP contribution in [0, 0.1) is 11.3 Å². The quantitative estimate of drug-likeness (QED) is 0.526. The van der Waals surface area contributed by atoms with E-state index < -0.39 is 16.1 Å². The Balaban J connectivity index is 1.57. The normalized spacial score (nSPS) is 15.8. The second-order valence-electron chi connectivity index (χ2n) is 8.63. The lowest BCUT2D eigenvalue weighted by Crippen LogP contribution is -2.42. The van der Waals surface area contributed by atoms with E-state index in [1.54, 1.807) is 54.5 Å². The highest BCUT2D eigenvalue weighted by Crippen LogP contribution is 2.29. The van der Waals surface area contributed by atoms with Crippen LogP contribution in [-0.4, -0.2) is 56.2 Å². The monoisotopic (exact) mass is 506 g/mol. The molecule has 0 aromatic heterocycles. The number of carbonyl (C=O) groups excluding carboxylic acids is 2. The summed E-state index contributed by atoms with van der Waals surface area (Å²) < 4.78 is 33.2. The molecule has 1 heterocycles. The molecule has 9 nitrogen and oxygen atoms in total. The highest BCUT2D eigenvalue weighted by atomic mass is 32.2. The third kappa shape index (κ3) is 4.89. The number of sulfonamides is 1. The first-order valence-electron chi connectivity index (χ1n) is 11.3. The standard InChI is InChI=1S/C26H26N4O5S/c1-17(31)28-24-9-4-18(15-27)12-21(24)16-30-11-10-25(26(30)32)29(2)36(33,34)23-8-6-19-5-7-22(35-3)13-20(19)14-23/h4-9,12-14,25H,10-11,16H2,1-3H3,(H,28,31). The molecule has 0 bridgehead atoms. The minimum Gasteiger partial charge on any atom is -0.497 e. The number of fused-ring (bicyclic) bond motifs is 1. The fourth-order valence-corrected chi connectivity index (χ4v) is 5.73. The largest absolute Gasteiger partial charge is 0.497 e. The summed E-state index contributed by atoms with van der Waals surface area (Å²) in [5.41, 5.74) is 1.51. The van der Waals surface area contributed by atoms with Gasteiger partial charge in [0.05, 0.1) is 23.6 Å². The number of benzene rings is 3.